The fraction of sp³-hybridized carbons (Fsp3) is 0.667. The van der Waals surface area contributed by atoms with Crippen molar-refractivity contribution in [2.75, 3.05) is 26.2 Å². The number of hydrogen-bond acceptors (Lipinski definition) is 5. The molecule has 0 spiro atoms. The Hall–Kier alpha value is -2.13. The van der Waals surface area contributed by atoms with Crippen LogP contribution in [0.15, 0.2) is 23.1 Å². The van der Waals surface area contributed by atoms with E-state index < -0.39 is 21.7 Å². The number of nitrogens with zero attached hydrogens (tertiary/aromatic N) is 2. The quantitative estimate of drug-likeness (QED) is 0.715. The predicted octanol–water partition coefficient (Wildman–Crippen LogP) is 3.22. The number of rotatable bonds is 4. The average Bonchev–Trinajstić information content (AvgIpc) is 2.74. The van der Waals surface area contributed by atoms with E-state index in [2.05, 4.69) is 5.32 Å². The Kier molecular flexibility index (Phi) is 7.73. The predicted molar refractivity (Wildman–Crippen MR) is 126 cm³/mol. The highest BCUT2D eigenvalue weighted by Crippen LogP contribution is 2.25. The number of carbonyl (C=O) groups is 2. The molecule has 2 heterocycles. The summed E-state index contributed by atoms with van der Waals surface area (Å²) in [5.41, 5.74) is 1.03. The number of sulfonamides is 1. The van der Waals surface area contributed by atoms with Crippen LogP contribution in [0.5, 0.6) is 0 Å². The molecule has 1 aromatic carbocycles. The molecule has 33 heavy (non-hydrogen) atoms. The zero-order valence-electron chi connectivity index (χ0n) is 20.4. The minimum atomic E-state index is -3.63. The van der Waals surface area contributed by atoms with Crippen molar-refractivity contribution in [3.8, 4) is 0 Å². The second kappa shape index (κ2) is 10.0. The molecule has 2 saturated heterocycles. The average molecular weight is 480 g/mol. The number of piperidine rings is 2. The van der Waals surface area contributed by atoms with Crippen molar-refractivity contribution in [3.63, 3.8) is 0 Å². The summed E-state index contributed by atoms with van der Waals surface area (Å²) in [6.07, 6.45) is 2.44. The molecule has 2 aliphatic heterocycles. The van der Waals surface area contributed by atoms with Crippen molar-refractivity contribution in [2.45, 2.75) is 76.8 Å². The van der Waals surface area contributed by atoms with Crippen LogP contribution in [0.25, 0.3) is 0 Å². The highest BCUT2D eigenvalue weighted by Gasteiger charge is 2.35. The van der Waals surface area contributed by atoms with Gasteiger partial charge in [-0.05, 0) is 77.5 Å². The second-order valence-electron chi connectivity index (χ2n) is 10.2. The minimum Gasteiger partial charge on any atom is -0.444 e. The summed E-state index contributed by atoms with van der Waals surface area (Å²) in [6, 6.07) is 5.19. The van der Waals surface area contributed by atoms with Crippen LogP contribution in [-0.4, -0.2) is 67.4 Å². The fourth-order valence-electron chi connectivity index (χ4n) is 4.41. The molecule has 0 aromatic heterocycles. The van der Waals surface area contributed by atoms with Gasteiger partial charge in [0.1, 0.15) is 5.60 Å². The molecule has 0 aliphatic carbocycles. The number of ether oxygens (including phenoxy) is 1. The Bertz CT molecular complexity index is 986. The summed E-state index contributed by atoms with van der Waals surface area (Å²) < 4.78 is 33.5. The maximum Gasteiger partial charge on any atom is 0.410 e. The van der Waals surface area contributed by atoms with E-state index in [9.17, 15) is 18.0 Å². The molecule has 2 fully saturated rings. The molecule has 0 saturated carbocycles. The van der Waals surface area contributed by atoms with E-state index in [0.29, 0.717) is 37.4 Å². The van der Waals surface area contributed by atoms with Gasteiger partial charge in [-0.3, -0.25) is 4.79 Å². The van der Waals surface area contributed by atoms with E-state index in [-0.39, 0.29) is 24.4 Å². The van der Waals surface area contributed by atoms with Gasteiger partial charge in [-0.25, -0.2) is 13.2 Å². The maximum absolute atomic E-state index is 13.3. The van der Waals surface area contributed by atoms with Crippen LogP contribution in [0.3, 0.4) is 0 Å². The van der Waals surface area contributed by atoms with E-state index >= 15 is 0 Å². The van der Waals surface area contributed by atoms with Gasteiger partial charge >= 0.3 is 6.09 Å². The first-order valence-corrected chi connectivity index (χ1v) is 13.2. The Balaban J connectivity index is 1.62. The summed E-state index contributed by atoms with van der Waals surface area (Å²) in [5.74, 6) is -0.448. The number of likely N-dealkylation sites (tertiary alicyclic amines) is 1. The minimum absolute atomic E-state index is 0.126. The first-order valence-electron chi connectivity index (χ1n) is 11.7. The second-order valence-corrected chi connectivity index (χ2v) is 12.2. The lowest BCUT2D eigenvalue weighted by atomic mass is 9.96. The third-order valence-corrected chi connectivity index (χ3v) is 8.14. The highest BCUT2D eigenvalue weighted by atomic mass is 32.2. The summed E-state index contributed by atoms with van der Waals surface area (Å²) in [4.78, 5) is 27.3. The number of hydrogen-bond donors (Lipinski definition) is 1. The highest BCUT2D eigenvalue weighted by molar-refractivity contribution is 7.89. The monoisotopic (exact) mass is 479 g/mol. The normalized spacial score (nSPS) is 22.6. The van der Waals surface area contributed by atoms with E-state index in [4.69, 9.17) is 4.74 Å². The van der Waals surface area contributed by atoms with E-state index in [0.717, 1.165) is 24.0 Å². The van der Waals surface area contributed by atoms with Gasteiger partial charge in [-0.2, -0.15) is 4.31 Å². The third-order valence-electron chi connectivity index (χ3n) is 6.14. The maximum atomic E-state index is 13.3. The van der Waals surface area contributed by atoms with Gasteiger partial charge in [-0.15, -0.1) is 0 Å². The number of benzene rings is 1. The van der Waals surface area contributed by atoms with Crippen LogP contribution in [0.2, 0.25) is 0 Å². The van der Waals surface area contributed by atoms with E-state index in [1.54, 1.807) is 17.9 Å². The molecular formula is C24H37N3O5S. The Morgan fingerprint density at radius 1 is 1.06 bits per heavy atom. The van der Waals surface area contributed by atoms with E-state index in [1.807, 2.05) is 39.8 Å². The molecule has 3 rings (SSSR count). The summed E-state index contributed by atoms with van der Waals surface area (Å²) in [6.45, 7) is 10.7. The van der Waals surface area contributed by atoms with Crippen molar-refractivity contribution in [2.24, 2.45) is 5.92 Å². The molecule has 2 aliphatic rings. The molecule has 1 N–H and O–H groups in total. The van der Waals surface area contributed by atoms with Crippen molar-refractivity contribution in [1.29, 1.82) is 0 Å². The lowest BCUT2D eigenvalue weighted by molar-refractivity contribution is -0.127. The zero-order valence-corrected chi connectivity index (χ0v) is 21.2. The molecule has 2 atom stereocenters. The first-order chi connectivity index (χ1) is 15.4. The van der Waals surface area contributed by atoms with Gasteiger partial charge < -0.3 is 15.0 Å². The Labute approximate surface area is 197 Å². The number of aryl methyl sites for hydroxylation is 2. The van der Waals surface area contributed by atoms with Crippen LogP contribution < -0.4 is 5.32 Å². The topological polar surface area (TPSA) is 96.0 Å². The number of nitrogens with one attached hydrogen (secondary N) is 1. The van der Waals surface area contributed by atoms with Crippen molar-refractivity contribution < 1.29 is 22.7 Å². The van der Waals surface area contributed by atoms with Crippen molar-refractivity contribution in [1.82, 2.24) is 14.5 Å². The molecular weight excluding hydrogens is 442 g/mol. The van der Waals surface area contributed by atoms with Crippen LogP contribution in [0.1, 0.15) is 57.6 Å². The van der Waals surface area contributed by atoms with Gasteiger partial charge in [0.2, 0.25) is 15.9 Å². The zero-order chi connectivity index (χ0) is 24.4. The number of amides is 2. The molecule has 0 radical (unpaired) electrons. The molecule has 0 bridgehead atoms. The summed E-state index contributed by atoms with van der Waals surface area (Å²) in [5, 5.41) is 3.05. The molecule has 1 aromatic rings. The van der Waals surface area contributed by atoms with Gasteiger partial charge in [0, 0.05) is 32.2 Å². The molecule has 8 nitrogen and oxygen atoms in total. The Morgan fingerprint density at radius 2 is 1.76 bits per heavy atom. The fourth-order valence-corrected chi connectivity index (χ4v) is 6.24. The van der Waals surface area contributed by atoms with Crippen molar-refractivity contribution in [3.05, 3.63) is 29.3 Å². The molecule has 9 heteroatoms. The Morgan fingerprint density at radius 3 is 2.45 bits per heavy atom. The van der Waals surface area contributed by atoms with Gasteiger partial charge in [0.15, 0.2) is 0 Å². The SMILES string of the molecule is Cc1ccc(C)c(S(=O)(=O)N2CCC[C@H](NC(=O)[C@H]3CCCN(C(=O)OC(C)(C)C)C3)C2)c1. The number of carbonyl (C=O) groups excluding carboxylic acids is 2. The molecule has 2 amide bonds. The molecule has 0 unspecified atom stereocenters. The standard InChI is InChI=1S/C24H37N3O5S/c1-17-10-11-18(2)21(14-17)33(30,31)27-13-7-9-20(16-27)25-22(28)19-8-6-12-26(15-19)23(29)32-24(3,4)5/h10-11,14,19-20H,6-9,12-13,15-16H2,1-5H3,(H,25,28)/t19-,20-/m0/s1. The van der Waals surface area contributed by atoms with Crippen LogP contribution in [-0.2, 0) is 19.6 Å². The lowest BCUT2D eigenvalue weighted by Crippen LogP contribution is -2.53. The first kappa shape index (κ1) is 25.5. The van der Waals surface area contributed by atoms with Gasteiger partial charge in [0.05, 0.1) is 10.8 Å². The van der Waals surface area contributed by atoms with Crippen LogP contribution >= 0.6 is 0 Å². The van der Waals surface area contributed by atoms with Crippen LogP contribution in [0, 0.1) is 19.8 Å². The third kappa shape index (κ3) is 6.47. The lowest BCUT2D eigenvalue weighted by Gasteiger charge is -2.36. The summed E-state index contributed by atoms with van der Waals surface area (Å²) >= 11 is 0. The molecule has 184 valence electrons. The van der Waals surface area contributed by atoms with E-state index in [1.165, 1.54) is 4.31 Å². The smallest absolute Gasteiger partial charge is 0.410 e. The largest absolute Gasteiger partial charge is 0.444 e. The van der Waals surface area contributed by atoms with Crippen LogP contribution in [0.4, 0.5) is 4.79 Å². The summed E-state index contributed by atoms with van der Waals surface area (Å²) in [7, 11) is -3.63. The van der Waals surface area contributed by atoms with Gasteiger partial charge in [-0.1, -0.05) is 12.1 Å². The van der Waals surface area contributed by atoms with Crippen molar-refractivity contribution >= 4 is 22.0 Å². The van der Waals surface area contributed by atoms with Gasteiger partial charge in [0.25, 0.3) is 0 Å².